The number of rotatable bonds is 7. The van der Waals surface area contributed by atoms with E-state index >= 15 is 0 Å². The fourth-order valence-corrected chi connectivity index (χ4v) is 2.08. The maximum Gasteiger partial charge on any atom is 0.323 e. The summed E-state index contributed by atoms with van der Waals surface area (Å²) < 4.78 is 0. The molecule has 0 spiro atoms. The van der Waals surface area contributed by atoms with Crippen molar-refractivity contribution in [3.8, 4) is 0 Å². The minimum Gasteiger partial charge on any atom is -0.480 e. The van der Waals surface area contributed by atoms with Gasteiger partial charge in [-0.2, -0.15) is 0 Å². The summed E-state index contributed by atoms with van der Waals surface area (Å²) in [5.41, 5.74) is 4.51. The van der Waals surface area contributed by atoms with Crippen molar-refractivity contribution in [1.82, 2.24) is 9.97 Å². The van der Waals surface area contributed by atoms with Gasteiger partial charge >= 0.3 is 5.97 Å². The molecule has 1 heterocycles. The highest BCUT2D eigenvalue weighted by molar-refractivity contribution is 7.99. The number of aliphatic carboxylic acids is 1. The van der Waals surface area contributed by atoms with Crippen LogP contribution in [0.4, 0.5) is 0 Å². The fraction of sp³-hybridized carbons (Fsp3) is 0.545. The van der Waals surface area contributed by atoms with Crippen LogP contribution in [-0.4, -0.2) is 32.3 Å². The first-order valence-corrected chi connectivity index (χ1v) is 6.42. The Morgan fingerprint density at radius 2 is 2.35 bits per heavy atom. The molecule has 1 rings (SSSR count). The van der Waals surface area contributed by atoms with Crippen molar-refractivity contribution in [1.29, 1.82) is 0 Å². The molecule has 17 heavy (non-hydrogen) atoms. The van der Waals surface area contributed by atoms with Crippen molar-refractivity contribution in [2.75, 3.05) is 5.75 Å². The van der Waals surface area contributed by atoms with Crippen LogP contribution in [0.15, 0.2) is 23.6 Å². The minimum atomic E-state index is -1.11. The molecule has 94 valence electrons. The Labute approximate surface area is 105 Å². The Kier molecular flexibility index (Phi) is 5.37. The van der Waals surface area contributed by atoms with E-state index in [1.807, 2.05) is 6.07 Å². The first-order valence-electron chi connectivity index (χ1n) is 5.43. The molecule has 0 aliphatic rings. The third-order valence-corrected chi connectivity index (χ3v) is 3.41. The first-order chi connectivity index (χ1) is 8.02. The quantitative estimate of drug-likeness (QED) is 0.436. The van der Waals surface area contributed by atoms with Gasteiger partial charge in [0.15, 0.2) is 0 Å². The predicted octanol–water partition coefficient (Wildman–Crippen LogP) is 1.54. The van der Waals surface area contributed by atoms with Gasteiger partial charge in [-0.15, -0.1) is 11.8 Å². The summed E-state index contributed by atoms with van der Waals surface area (Å²) in [6.45, 7) is 1.55. The van der Waals surface area contributed by atoms with Gasteiger partial charge in [0.1, 0.15) is 11.9 Å². The van der Waals surface area contributed by atoms with Crippen molar-refractivity contribution in [2.45, 2.75) is 36.8 Å². The summed E-state index contributed by atoms with van der Waals surface area (Å²) in [5.74, 6) is -0.0341. The number of hydrogen-bond acceptors (Lipinski definition) is 5. The minimum absolute atomic E-state index is 0.493. The standard InChI is InChI=1S/C11H17N3O2S/c1-11(12,10(15)16)5-2-3-7-17-9-4-6-13-8-14-9/h4,6,8H,2-3,5,7,12H2,1H3,(H,15,16). The summed E-state index contributed by atoms with van der Waals surface area (Å²) in [4.78, 5) is 18.7. The second-order valence-corrected chi connectivity index (χ2v) is 5.19. The molecule has 1 unspecified atom stereocenters. The van der Waals surface area contributed by atoms with Gasteiger partial charge in [-0.25, -0.2) is 9.97 Å². The van der Waals surface area contributed by atoms with Gasteiger partial charge in [0, 0.05) is 6.20 Å². The van der Waals surface area contributed by atoms with Gasteiger partial charge in [-0.1, -0.05) is 6.42 Å². The van der Waals surface area contributed by atoms with Gasteiger partial charge in [-0.3, -0.25) is 4.79 Å². The lowest BCUT2D eigenvalue weighted by Gasteiger charge is -2.18. The second kappa shape index (κ2) is 6.56. The van der Waals surface area contributed by atoms with Crippen molar-refractivity contribution in [3.63, 3.8) is 0 Å². The molecule has 0 saturated carbocycles. The third kappa shape index (κ3) is 5.14. The maximum atomic E-state index is 10.8. The van der Waals surface area contributed by atoms with Crippen molar-refractivity contribution in [2.24, 2.45) is 5.73 Å². The van der Waals surface area contributed by atoms with Crippen molar-refractivity contribution >= 4 is 17.7 Å². The van der Waals surface area contributed by atoms with Crippen molar-refractivity contribution in [3.05, 3.63) is 18.6 Å². The van der Waals surface area contributed by atoms with Crippen LogP contribution >= 0.6 is 11.8 Å². The molecule has 0 aliphatic carbocycles. The molecular formula is C11H17N3O2S. The zero-order valence-corrected chi connectivity index (χ0v) is 10.6. The lowest BCUT2D eigenvalue weighted by atomic mass is 9.97. The van der Waals surface area contributed by atoms with Crippen molar-refractivity contribution < 1.29 is 9.90 Å². The van der Waals surface area contributed by atoms with Gasteiger partial charge in [0.25, 0.3) is 0 Å². The SMILES string of the molecule is CC(N)(CCCCSc1ccncn1)C(=O)O. The van der Waals surface area contributed by atoms with Crippen LogP contribution in [0.25, 0.3) is 0 Å². The number of hydrogen-bond donors (Lipinski definition) is 2. The monoisotopic (exact) mass is 255 g/mol. The van der Waals surface area contributed by atoms with E-state index in [9.17, 15) is 4.79 Å². The number of nitrogens with two attached hydrogens (primary N) is 1. The normalized spacial score (nSPS) is 14.2. The molecule has 1 aromatic heterocycles. The average molecular weight is 255 g/mol. The molecule has 3 N–H and O–H groups in total. The maximum absolute atomic E-state index is 10.8. The molecule has 0 bridgehead atoms. The van der Waals surface area contributed by atoms with E-state index < -0.39 is 11.5 Å². The zero-order chi connectivity index (χ0) is 12.7. The number of carbonyl (C=O) groups is 1. The molecule has 0 aliphatic heterocycles. The molecule has 0 saturated heterocycles. The van der Waals surface area contributed by atoms with E-state index in [-0.39, 0.29) is 0 Å². The highest BCUT2D eigenvalue weighted by Crippen LogP contribution is 2.17. The molecule has 0 radical (unpaired) electrons. The van der Waals surface area contributed by atoms with Gasteiger partial charge in [0.2, 0.25) is 0 Å². The summed E-state index contributed by atoms with van der Waals surface area (Å²) in [6.07, 6.45) is 5.44. The summed E-state index contributed by atoms with van der Waals surface area (Å²) >= 11 is 1.64. The number of unbranched alkanes of at least 4 members (excludes halogenated alkanes) is 1. The number of aromatic nitrogens is 2. The average Bonchev–Trinajstić information content (AvgIpc) is 2.29. The number of carboxylic acid groups (broad SMARTS) is 1. The van der Waals surface area contributed by atoms with Crippen LogP contribution in [0.5, 0.6) is 0 Å². The summed E-state index contributed by atoms with van der Waals surface area (Å²) in [6, 6.07) is 1.86. The Hall–Kier alpha value is -1.14. The van der Waals surface area contributed by atoms with Crippen LogP contribution in [0, 0.1) is 0 Å². The molecule has 1 atom stereocenters. The largest absolute Gasteiger partial charge is 0.480 e. The number of carboxylic acids is 1. The molecule has 1 aromatic rings. The van der Waals surface area contributed by atoms with Gasteiger partial charge in [0.05, 0.1) is 5.03 Å². The lowest BCUT2D eigenvalue weighted by Crippen LogP contribution is -2.44. The molecule has 0 aromatic carbocycles. The second-order valence-electron chi connectivity index (χ2n) is 4.08. The predicted molar refractivity (Wildman–Crippen MR) is 66.8 cm³/mol. The van der Waals surface area contributed by atoms with E-state index in [1.165, 1.54) is 6.33 Å². The molecule has 0 fully saturated rings. The van der Waals surface area contributed by atoms with E-state index in [4.69, 9.17) is 10.8 Å². The Balaban J connectivity index is 2.15. The smallest absolute Gasteiger partial charge is 0.323 e. The topological polar surface area (TPSA) is 89.1 Å². The third-order valence-electron chi connectivity index (χ3n) is 2.38. The van der Waals surface area contributed by atoms with Crippen LogP contribution in [-0.2, 0) is 4.79 Å². The van der Waals surface area contributed by atoms with E-state index in [0.717, 1.165) is 23.6 Å². The van der Waals surface area contributed by atoms with E-state index in [2.05, 4.69) is 9.97 Å². The summed E-state index contributed by atoms with van der Waals surface area (Å²) in [5, 5.41) is 9.77. The van der Waals surface area contributed by atoms with Crippen LogP contribution in [0.1, 0.15) is 26.2 Å². The Morgan fingerprint density at radius 3 is 2.94 bits per heavy atom. The molecular weight excluding hydrogens is 238 g/mol. The molecule has 0 amide bonds. The molecule has 6 heteroatoms. The fourth-order valence-electron chi connectivity index (χ4n) is 1.24. The van der Waals surface area contributed by atoms with Gasteiger partial charge < -0.3 is 10.8 Å². The lowest BCUT2D eigenvalue weighted by molar-refractivity contribution is -0.142. The Morgan fingerprint density at radius 1 is 1.59 bits per heavy atom. The van der Waals surface area contributed by atoms with Gasteiger partial charge in [-0.05, 0) is 31.6 Å². The highest BCUT2D eigenvalue weighted by atomic mass is 32.2. The van der Waals surface area contributed by atoms with E-state index in [0.29, 0.717) is 6.42 Å². The molecule has 5 nitrogen and oxygen atoms in total. The number of nitrogens with zero attached hydrogens (tertiary/aromatic N) is 2. The zero-order valence-electron chi connectivity index (χ0n) is 9.80. The van der Waals surface area contributed by atoms with Crippen LogP contribution < -0.4 is 5.73 Å². The highest BCUT2D eigenvalue weighted by Gasteiger charge is 2.26. The van der Waals surface area contributed by atoms with E-state index in [1.54, 1.807) is 24.9 Å². The first kappa shape index (κ1) is 13.9. The Bertz CT molecular complexity index is 357. The summed E-state index contributed by atoms with van der Waals surface area (Å²) in [7, 11) is 0. The number of thioether (sulfide) groups is 1. The van der Waals surface area contributed by atoms with Crippen LogP contribution in [0.2, 0.25) is 0 Å². The van der Waals surface area contributed by atoms with Crippen LogP contribution in [0.3, 0.4) is 0 Å².